The summed E-state index contributed by atoms with van der Waals surface area (Å²) in [6.45, 7) is 3.28. The van der Waals surface area contributed by atoms with Gasteiger partial charge >= 0.3 is 0 Å². The third-order valence-corrected chi connectivity index (χ3v) is 0.732. The lowest BCUT2D eigenvalue weighted by Crippen LogP contribution is -2.11. The van der Waals surface area contributed by atoms with E-state index in [1.54, 1.807) is 0 Å². The molecule has 0 saturated heterocycles. The SMILES string of the molecule is C=CN(Cl)NCl. The molecule has 0 aliphatic heterocycles. The van der Waals surface area contributed by atoms with Crippen molar-refractivity contribution in [1.82, 2.24) is 9.47 Å². The summed E-state index contributed by atoms with van der Waals surface area (Å²) in [5.41, 5.74) is 0. The van der Waals surface area contributed by atoms with Crippen LogP contribution in [0.25, 0.3) is 0 Å². The summed E-state index contributed by atoms with van der Waals surface area (Å²) in [6.07, 6.45) is 1.33. The summed E-state index contributed by atoms with van der Waals surface area (Å²) in [5.74, 6) is 0. The topological polar surface area (TPSA) is 15.3 Å². The van der Waals surface area contributed by atoms with Crippen LogP contribution < -0.4 is 4.94 Å². The third kappa shape index (κ3) is 2.33. The van der Waals surface area contributed by atoms with Gasteiger partial charge in [0.05, 0.1) is 0 Å². The molecule has 0 aliphatic rings. The molecule has 0 unspecified atom stereocenters. The van der Waals surface area contributed by atoms with Gasteiger partial charge in [-0.3, -0.25) is 0 Å². The van der Waals surface area contributed by atoms with Crippen LogP contribution in [-0.2, 0) is 0 Å². The number of nitrogens with one attached hydrogen (secondary N) is 1. The van der Waals surface area contributed by atoms with Gasteiger partial charge < -0.3 is 0 Å². The quantitative estimate of drug-likeness (QED) is 0.443. The molecule has 36 valence electrons. The molecular formula is C2H4Cl2N2. The second kappa shape index (κ2) is 3.28. The zero-order valence-electron chi connectivity index (χ0n) is 2.99. The minimum Gasteiger partial charge on any atom is -0.211 e. The van der Waals surface area contributed by atoms with Crippen LogP contribution >= 0.6 is 23.6 Å². The highest BCUT2D eigenvalue weighted by atomic mass is 35.5. The van der Waals surface area contributed by atoms with E-state index in [1.807, 2.05) is 0 Å². The van der Waals surface area contributed by atoms with Crippen LogP contribution in [0.3, 0.4) is 0 Å². The van der Waals surface area contributed by atoms with E-state index in [-0.39, 0.29) is 0 Å². The maximum Gasteiger partial charge on any atom is 0.0310 e. The van der Waals surface area contributed by atoms with E-state index in [9.17, 15) is 0 Å². The van der Waals surface area contributed by atoms with Crippen LogP contribution in [-0.4, -0.2) is 4.53 Å². The summed E-state index contributed by atoms with van der Waals surface area (Å²) in [4.78, 5) is 2.07. The molecule has 0 aromatic rings. The minimum atomic E-state index is 1.00. The van der Waals surface area contributed by atoms with Crippen molar-refractivity contribution in [2.24, 2.45) is 0 Å². The molecule has 0 rings (SSSR count). The van der Waals surface area contributed by atoms with Crippen molar-refractivity contribution in [3.8, 4) is 0 Å². The highest BCUT2D eigenvalue weighted by molar-refractivity contribution is 6.19. The van der Waals surface area contributed by atoms with Crippen LogP contribution in [0, 0.1) is 0 Å². The van der Waals surface area contributed by atoms with E-state index in [4.69, 9.17) is 23.6 Å². The zero-order valence-corrected chi connectivity index (χ0v) is 4.50. The minimum absolute atomic E-state index is 1.00. The van der Waals surface area contributed by atoms with Crippen LogP contribution in [0.4, 0.5) is 0 Å². The van der Waals surface area contributed by atoms with Crippen LogP contribution in [0.15, 0.2) is 12.8 Å². The van der Waals surface area contributed by atoms with Gasteiger partial charge in [-0.05, 0) is 11.8 Å². The first-order valence-corrected chi connectivity index (χ1v) is 1.96. The van der Waals surface area contributed by atoms with Gasteiger partial charge in [-0.2, -0.15) is 0 Å². The van der Waals surface area contributed by atoms with E-state index < -0.39 is 0 Å². The monoisotopic (exact) mass is 126 g/mol. The number of hydrogen-bond acceptors (Lipinski definition) is 2. The molecule has 0 aromatic heterocycles. The Labute approximate surface area is 46.5 Å². The smallest absolute Gasteiger partial charge is 0.0310 e. The molecule has 4 heteroatoms. The molecule has 0 radical (unpaired) electrons. The van der Waals surface area contributed by atoms with E-state index in [0.717, 1.165) is 4.53 Å². The summed E-state index contributed by atoms with van der Waals surface area (Å²) < 4.78 is 1.00. The second-order valence-corrected chi connectivity index (χ2v) is 1.11. The van der Waals surface area contributed by atoms with Gasteiger partial charge in [-0.15, -0.1) is 4.94 Å². The predicted octanol–water partition coefficient (Wildman–Crippen LogP) is 1.24. The molecule has 2 nitrogen and oxygen atoms in total. The average molecular weight is 127 g/mol. The fourth-order valence-corrected chi connectivity index (χ4v) is 0.104. The second-order valence-electron chi connectivity index (χ2n) is 0.578. The lowest BCUT2D eigenvalue weighted by atomic mass is 11.1. The fourth-order valence-electron chi connectivity index (χ4n) is 0.0345. The predicted molar refractivity (Wildman–Crippen MR) is 26.9 cm³/mol. The largest absolute Gasteiger partial charge is 0.211 e. The Balaban J connectivity index is 2.96. The van der Waals surface area contributed by atoms with Crippen LogP contribution in [0.2, 0.25) is 0 Å². The normalized spacial score (nSPS) is 7.67. The molecule has 6 heavy (non-hydrogen) atoms. The molecule has 0 bridgehead atoms. The van der Waals surface area contributed by atoms with Crippen molar-refractivity contribution in [3.05, 3.63) is 12.8 Å². The number of hydrogen-bond donors (Lipinski definition) is 1. The third-order valence-electron chi connectivity index (χ3n) is 0.241. The Bertz CT molecular complexity index is 46.8. The summed E-state index contributed by atoms with van der Waals surface area (Å²) in [5, 5.41) is 0. The highest BCUT2D eigenvalue weighted by Gasteiger charge is 1.78. The first-order chi connectivity index (χ1) is 2.81. The van der Waals surface area contributed by atoms with Crippen LogP contribution in [0.1, 0.15) is 0 Å². The van der Waals surface area contributed by atoms with Crippen molar-refractivity contribution >= 4 is 23.6 Å². The highest BCUT2D eigenvalue weighted by Crippen LogP contribution is 1.85. The van der Waals surface area contributed by atoms with E-state index in [2.05, 4.69) is 11.5 Å². The van der Waals surface area contributed by atoms with Crippen molar-refractivity contribution in [2.45, 2.75) is 0 Å². The number of rotatable bonds is 2. The average Bonchev–Trinajstić information content (AvgIpc) is 1.65. The molecule has 0 aromatic carbocycles. The van der Waals surface area contributed by atoms with E-state index in [1.165, 1.54) is 6.20 Å². The Kier molecular flexibility index (Phi) is 3.32. The summed E-state index contributed by atoms with van der Waals surface area (Å²) >= 11 is 10.0. The van der Waals surface area contributed by atoms with Gasteiger partial charge in [0.2, 0.25) is 0 Å². The number of hydrazine groups is 1. The Morgan fingerprint density at radius 2 is 2.33 bits per heavy atom. The fraction of sp³-hybridized carbons (Fsp3) is 0. The molecule has 1 N–H and O–H groups in total. The molecule has 0 heterocycles. The molecule has 0 saturated carbocycles. The standard InChI is InChI=1S/C2H4Cl2N2/c1-2-6(4)5-3/h2,5H,1H2. The van der Waals surface area contributed by atoms with Gasteiger partial charge in [0.25, 0.3) is 0 Å². The van der Waals surface area contributed by atoms with Crippen LogP contribution in [0.5, 0.6) is 0 Å². The Morgan fingerprint density at radius 1 is 1.83 bits per heavy atom. The molecule has 0 spiro atoms. The number of nitrogens with zero attached hydrogens (tertiary/aromatic N) is 1. The zero-order chi connectivity index (χ0) is 4.99. The van der Waals surface area contributed by atoms with Crippen molar-refractivity contribution in [2.75, 3.05) is 0 Å². The number of halogens is 2. The molecule has 0 aliphatic carbocycles. The molecule has 0 fully saturated rings. The van der Waals surface area contributed by atoms with Gasteiger partial charge in [0, 0.05) is 18.0 Å². The van der Waals surface area contributed by atoms with Gasteiger partial charge in [-0.1, -0.05) is 6.58 Å². The van der Waals surface area contributed by atoms with E-state index >= 15 is 0 Å². The molecule has 0 amide bonds. The first kappa shape index (κ1) is 6.08. The maximum absolute atomic E-state index is 5.12. The van der Waals surface area contributed by atoms with E-state index in [0.29, 0.717) is 0 Å². The van der Waals surface area contributed by atoms with Gasteiger partial charge in [0.15, 0.2) is 0 Å². The molecular weight excluding hydrogens is 123 g/mol. The maximum atomic E-state index is 5.12. The first-order valence-electron chi connectivity index (χ1n) is 1.25. The Hall–Kier alpha value is 0.0800. The Morgan fingerprint density at radius 3 is 2.33 bits per heavy atom. The lowest BCUT2D eigenvalue weighted by Gasteiger charge is -2.00. The molecule has 0 atom stereocenters. The summed E-state index contributed by atoms with van der Waals surface area (Å²) in [6, 6.07) is 0. The van der Waals surface area contributed by atoms with Gasteiger partial charge in [0.1, 0.15) is 0 Å². The van der Waals surface area contributed by atoms with Crippen molar-refractivity contribution in [3.63, 3.8) is 0 Å². The van der Waals surface area contributed by atoms with Crippen molar-refractivity contribution < 1.29 is 0 Å². The van der Waals surface area contributed by atoms with Crippen molar-refractivity contribution in [1.29, 1.82) is 0 Å². The van der Waals surface area contributed by atoms with Gasteiger partial charge in [-0.25, -0.2) is 4.53 Å². The lowest BCUT2D eigenvalue weighted by molar-refractivity contribution is 0.578. The summed E-state index contributed by atoms with van der Waals surface area (Å²) in [7, 11) is 0.